The Hall–Kier alpha value is -0.680. The summed E-state index contributed by atoms with van der Waals surface area (Å²) in [6.45, 7) is 0.501. The number of hydrogen-bond acceptors (Lipinski definition) is 3. The normalized spacial score (nSPS) is 11.8. The van der Waals surface area contributed by atoms with Gasteiger partial charge in [0.05, 0.1) is 0 Å². The van der Waals surface area contributed by atoms with Crippen LogP contribution in [0.15, 0.2) is 0 Å². The molecule has 0 spiro atoms. The average Bonchev–Trinajstić information content (AvgIpc) is 1.82. The van der Waals surface area contributed by atoms with Gasteiger partial charge in [0.2, 0.25) is 0 Å². The summed E-state index contributed by atoms with van der Waals surface area (Å²) in [5.74, 6) is -0.955. The third kappa shape index (κ3) is 5.46. The number of carboxylic acids is 1. The summed E-state index contributed by atoms with van der Waals surface area (Å²) in [4.78, 5) is 10.0. The lowest BCUT2D eigenvalue weighted by atomic mass is 10.2. The topological polar surface area (TPSA) is 89.3 Å². The molecule has 0 saturated heterocycles. The molecule has 1 unspecified atom stereocenters. The molecule has 0 amide bonds. The molecule has 5 N–H and O–H groups in total. The quantitative estimate of drug-likeness (QED) is 0.496. The second-order valence-electron chi connectivity index (χ2n) is 1.88. The zero-order valence-electron chi connectivity index (χ0n) is 5.62. The van der Waals surface area contributed by atoms with Crippen LogP contribution >= 0.6 is 0 Å². The van der Waals surface area contributed by atoms with E-state index in [1.54, 1.807) is 0 Å². The van der Waals surface area contributed by atoms with Gasteiger partial charge in [-0.1, -0.05) is 0 Å². The second kappa shape index (κ2) is 6.44. The maximum Gasteiger partial charge on any atom is 0.320 e. The largest absolute Gasteiger partial charge is 0.480 e. The van der Waals surface area contributed by atoms with Crippen LogP contribution in [-0.2, 0) is 4.79 Å². The molecular weight excluding hydrogens is 139 g/mol. The molecule has 0 aliphatic carbocycles. The van der Waals surface area contributed by atoms with Crippen molar-refractivity contribution in [1.82, 2.24) is 0 Å². The first-order chi connectivity index (χ1) is 4.18. The fraction of sp³-hybridized carbons (Fsp3) is 0.800. The maximum absolute atomic E-state index is 10.0. The van der Waals surface area contributed by atoms with Gasteiger partial charge in [-0.3, -0.25) is 9.50 Å². The first-order valence-corrected chi connectivity index (χ1v) is 2.87. The van der Waals surface area contributed by atoms with Crippen LogP contribution in [0, 0.1) is 0 Å². The van der Waals surface area contributed by atoms with Crippen molar-refractivity contribution in [3.63, 3.8) is 0 Å². The van der Waals surface area contributed by atoms with Gasteiger partial charge in [-0.25, -0.2) is 0 Å². The van der Waals surface area contributed by atoms with Crippen molar-refractivity contribution in [2.45, 2.75) is 18.9 Å². The molecule has 0 aromatic carbocycles. The Morgan fingerprint density at radius 2 is 2.10 bits per heavy atom. The van der Waals surface area contributed by atoms with E-state index in [-0.39, 0.29) is 4.70 Å². The van der Waals surface area contributed by atoms with Crippen molar-refractivity contribution in [3.8, 4) is 0 Å². The van der Waals surface area contributed by atoms with Crippen LogP contribution < -0.4 is 11.5 Å². The Morgan fingerprint density at radius 1 is 1.60 bits per heavy atom. The molecule has 0 aromatic heterocycles. The van der Waals surface area contributed by atoms with Gasteiger partial charge in [-0.15, -0.1) is 0 Å². The van der Waals surface area contributed by atoms with Crippen LogP contribution in [0.3, 0.4) is 0 Å². The molecule has 0 bridgehead atoms. The summed E-state index contributed by atoms with van der Waals surface area (Å²) in [5.41, 5.74) is 10.3. The van der Waals surface area contributed by atoms with Crippen LogP contribution in [-0.4, -0.2) is 23.7 Å². The van der Waals surface area contributed by atoms with E-state index in [1.807, 2.05) is 0 Å². The van der Waals surface area contributed by atoms with E-state index in [4.69, 9.17) is 16.6 Å². The number of hydrogen-bond donors (Lipinski definition) is 3. The number of halogens is 1. The highest BCUT2D eigenvalue weighted by Crippen LogP contribution is 1.91. The van der Waals surface area contributed by atoms with Gasteiger partial charge in [-0.05, 0) is 19.4 Å². The number of carboxylic acid groups (broad SMARTS) is 1. The van der Waals surface area contributed by atoms with E-state index in [2.05, 4.69) is 0 Å². The Morgan fingerprint density at radius 3 is 2.40 bits per heavy atom. The summed E-state index contributed by atoms with van der Waals surface area (Å²) in [5, 5.41) is 8.24. The smallest absolute Gasteiger partial charge is 0.320 e. The Labute approximate surface area is 58.6 Å². The molecule has 10 heavy (non-hydrogen) atoms. The van der Waals surface area contributed by atoms with Gasteiger partial charge in [0, 0.05) is 0 Å². The molecular formula is C5H13FN2O2. The van der Waals surface area contributed by atoms with Crippen molar-refractivity contribution in [3.05, 3.63) is 0 Å². The van der Waals surface area contributed by atoms with Gasteiger partial charge in [0.25, 0.3) is 0 Å². The van der Waals surface area contributed by atoms with E-state index in [0.29, 0.717) is 19.4 Å². The second-order valence-corrected chi connectivity index (χ2v) is 1.88. The number of nitrogens with two attached hydrogens (primary N) is 2. The van der Waals surface area contributed by atoms with Gasteiger partial charge in [0.15, 0.2) is 0 Å². The third-order valence-electron chi connectivity index (χ3n) is 1.04. The van der Waals surface area contributed by atoms with Crippen molar-refractivity contribution in [2.24, 2.45) is 11.5 Å². The molecule has 0 saturated carbocycles. The van der Waals surface area contributed by atoms with Gasteiger partial charge < -0.3 is 16.6 Å². The van der Waals surface area contributed by atoms with Crippen molar-refractivity contribution >= 4 is 5.97 Å². The molecule has 1 atom stereocenters. The first kappa shape index (κ1) is 12.0. The lowest BCUT2D eigenvalue weighted by molar-refractivity contribution is -0.138. The zero-order chi connectivity index (χ0) is 7.28. The number of rotatable bonds is 4. The van der Waals surface area contributed by atoms with Crippen LogP contribution in [0.2, 0.25) is 0 Å². The van der Waals surface area contributed by atoms with Gasteiger partial charge >= 0.3 is 5.97 Å². The van der Waals surface area contributed by atoms with E-state index < -0.39 is 12.0 Å². The van der Waals surface area contributed by atoms with Gasteiger partial charge in [-0.2, -0.15) is 0 Å². The minimum Gasteiger partial charge on any atom is -0.480 e. The summed E-state index contributed by atoms with van der Waals surface area (Å²) >= 11 is 0. The molecule has 0 aliphatic heterocycles. The highest BCUT2D eigenvalue weighted by atomic mass is 19.0. The van der Waals surface area contributed by atoms with Crippen LogP contribution in [0.1, 0.15) is 12.8 Å². The minimum absolute atomic E-state index is 0. The molecule has 0 heterocycles. The summed E-state index contributed by atoms with van der Waals surface area (Å²) in [7, 11) is 0. The Balaban J connectivity index is 0. The first-order valence-electron chi connectivity index (χ1n) is 2.87. The van der Waals surface area contributed by atoms with E-state index in [0.717, 1.165) is 0 Å². The van der Waals surface area contributed by atoms with Crippen LogP contribution in [0.4, 0.5) is 4.70 Å². The summed E-state index contributed by atoms with van der Waals surface area (Å²) < 4.78 is 0. The predicted octanol–water partition coefficient (Wildman–Crippen LogP) is -0.710. The van der Waals surface area contributed by atoms with E-state index in [1.165, 1.54) is 0 Å². The summed E-state index contributed by atoms with van der Waals surface area (Å²) in [6, 6.07) is -0.742. The van der Waals surface area contributed by atoms with Crippen LogP contribution in [0.5, 0.6) is 0 Å². The molecule has 0 fully saturated rings. The molecule has 5 heteroatoms. The van der Waals surface area contributed by atoms with Crippen LogP contribution in [0.25, 0.3) is 0 Å². The molecule has 0 aromatic rings. The van der Waals surface area contributed by atoms with E-state index >= 15 is 0 Å². The Bertz CT molecular complexity index is 99.6. The molecule has 0 rings (SSSR count). The maximum atomic E-state index is 10.0. The standard InChI is InChI=1S/C5H12N2O2.FH/c6-3-1-2-4(7)5(8)9;/h4H,1-3,6-7H2,(H,8,9);1H. The molecule has 4 nitrogen and oxygen atoms in total. The fourth-order valence-electron chi connectivity index (χ4n) is 0.461. The van der Waals surface area contributed by atoms with Gasteiger partial charge in [0.1, 0.15) is 6.04 Å². The summed E-state index contributed by atoms with van der Waals surface area (Å²) in [6.07, 6.45) is 1.14. The van der Waals surface area contributed by atoms with Crippen molar-refractivity contribution < 1.29 is 14.6 Å². The van der Waals surface area contributed by atoms with Crippen molar-refractivity contribution in [2.75, 3.05) is 6.54 Å². The number of carbonyl (C=O) groups is 1. The monoisotopic (exact) mass is 152 g/mol. The molecule has 0 aliphatic rings. The minimum atomic E-state index is -0.955. The third-order valence-corrected chi connectivity index (χ3v) is 1.04. The lowest BCUT2D eigenvalue weighted by Gasteiger charge is -2.02. The molecule has 62 valence electrons. The highest BCUT2D eigenvalue weighted by molar-refractivity contribution is 5.72. The lowest BCUT2D eigenvalue weighted by Crippen LogP contribution is -2.30. The fourth-order valence-corrected chi connectivity index (χ4v) is 0.461. The average molecular weight is 152 g/mol. The molecule has 0 radical (unpaired) electrons. The highest BCUT2D eigenvalue weighted by Gasteiger charge is 2.08. The zero-order valence-corrected chi connectivity index (χ0v) is 5.62. The number of aliphatic carboxylic acids is 1. The predicted molar refractivity (Wildman–Crippen MR) is 36.4 cm³/mol. The SMILES string of the molecule is F.NCCCC(N)C(=O)O. The Kier molecular flexibility index (Phi) is 7.75. The van der Waals surface area contributed by atoms with Crippen molar-refractivity contribution in [1.29, 1.82) is 0 Å². The van der Waals surface area contributed by atoms with E-state index in [9.17, 15) is 4.79 Å².